The van der Waals surface area contributed by atoms with Gasteiger partial charge >= 0.3 is 0 Å². The molecule has 0 heterocycles. The van der Waals surface area contributed by atoms with Gasteiger partial charge in [0.25, 0.3) is 0 Å². The maximum absolute atomic E-state index is 11.8. The lowest BCUT2D eigenvalue weighted by Crippen LogP contribution is -2.12. The molecular weight excluding hydrogens is 250 g/mol. The Hall–Kier alpha value is -1.48. The number of allylic oxidation sites excluding steroid dienone is 1. The van der Waals surface area contributed by atoms with Crippen LogP contribution in [-0.4, -0.2) is 11.0 Å². The van der Waals surface area contributed by atoms with E-state index in [1.165, 1.54) is 24.5 Å². The van der Waals surface area contributed by atoms with Crippen molar-refractivity contribution in [1.82, 2.24) is 0 Å². The normalized spacial score (nSPS) is 15.1. The fourth-order valence-corrected chi connectivity index (χ4v) is 2.18. The van der Waals surface area contributed by atoms with E-state index in [0.29, 0.717) is 12.1 Å². The van der Waals surface area contributed by atoms with Gasteiger partial charge in [-0.05, 0) is 37.8 Å². The minimum absolute atomic E-state index is 0.0219. The van der Waals surface area contributed by atoms with E-state index in [0.717, 1.165) is 12.8 Å². The maximum Gasteiger partial charge on any atom is 0.228 e. The molecule has 0 aliphatic heterocycles. The molecule has 0 fully saturated rings. The second kappa shape index (κ2) is 5.91. The van der Waals surface area contributed by atoms with Crippen molar-refractivity contribution < 1.29 is 9.90 Å². The highest BCUT2D eigenvalue weighted by atomic mass is 35.5. The summed E-state index contributed by atoms with van der Waals surface area (Å²) in [5.74, 6) is -0.0729. The molecule has 3 nitrogen and oxygen atoms in total. The number of nitrogens with one attached hydrogen (secondary N) is 1. The molecule has 1 aromatic rings. The summed E-state index contributed by atoms with van der Waals surface area (Å²) in [7, 11) is 0. The molecule has 1 amide bonds. The Morgan fingerprint density at radius 3 is 2.89 bits per heavy atom. The van der Waals surface area contributed by atoms with E-state index in [2.05, 4.69) is 11.4 Å². The first-order valence-electron chi connectivity index (χ1n) is 6.11. The fourth-order valence-electron chi connectivity index (χ4n) is 2.07. The summed E-state index contributed by atoms with van der Waals surface area (Å²) in [6.07, 6.45) is 7.06. The highest BCUT2D eigenvalue weighted by Gasteiger charge is 2.10. The van der Waals surface area contributed by atoms with Crippen molar-refractivity contribution in [3.63, 3.8) is 0 Å². The van der Waals surface area contributed by atoms with Crippen LogP contribution in [0.15, 0.2) is 29.8 Å². The minimum Gasteiger partial charge on any atom is -0.506 e. The summed E-state index contributed by atoms with van der Waals surface area (Å²) in [6, 6.07) is 4.69. The summed E-state index contributed by atoms with van der Waals surface area (Å²) in [6.45, 7) is 0. The van der Waals surface area contributed by atoms with Crippen LogP contribution < -0.4 is 5.32 Å². The Kier molecular flexibility index (Phi) is 4.26. The summed E-state index contributed by atoms with van der Waals surface area (Å²) < 4.78 is 0. The van der Waals surface area contributed by atoms with Gasteiger partial charge in [0.1, 0.15) is 5.75 Å². The Bertz CT molecular complexity index is 483. The third-order valence-electron chi connectivity index (χ3n) is 3.00. The van der Waals surface area contributed by atoms with E-state index in [9.17, 15) is 9.90 Å². The SMILES string of the molecule is O=C(CC1=CCCCC1)Nc1ccc(Cl)c(O)c1. The number of amides is 1. The highest BCUT2D eigenvalue weighted by Crippen LogP contribution is 2.26. The number of carbonyl (C=O) groups excluding carboxylic acids is 1. The van der Waals surface area contributed by atoms with Crippen molar-refractivity contribution in [1.29, 1.82) is 0 Å². The molecule has 1 aliphatic carbocycles. The van der Waals surface area contributed by atoms with E-state index in [1.54, 1.807) is 12.1 Å². The van der Waals surface area contributed by atoms with Gasteiger partial charge in [-0.15, -0.1) is 0 Å². The molecule has 0 radical (unpaired) electrons. The zero-order chi connectivity index (χ0) is 13.0. The Balaban J connectivity index is 1.94. The lowest BCUT2D eigenvalue weighted by molar-refractivity contribution is -0.115. The zero-order valence-corrected chi connectivity index (χ0v) is 10.8. The molecule has 18 heavy (non-hydrogen) atoms. The van der Waals surface area contributed by atoms with E-state index < -0.39 is 0 Å². The van der Waals surface area contributed by atoms with Crippen LogP contribution in [0.25, 0.3) is 0 Å². The molecule has 4 heteroatoms. The Morgan fingerprint density at radius 1 is 1.39 bits per heavy atom. The smallest absolute Gasteiger partial charge is 0.228 e. The van der Waals surface area contributed by atoms with Crippen LogP contribution in [0.3, 0.4) is 0 Å². The molecular formula is C14H16ClNO2. The third-order valence-corrected chi connectivity index (χ3v) is 3.32. The van der Waals surface area contributed by atoms with Crippen LogP contribution in [0.1, 0.15) is 32.1 Å². The quantitative estimate of drug-likeness (QED) is 0.815. The molecule has 0 atom stereocenters. The predicted molar refractivity (Wildman–Crippen MR) is 72.9 cm³/mol. The second-order valence-corrected chi connectivity index (χ2v) is 4.91. The largest absolute Gasteiger partial charge is 0.506 e. The summed E-state index contributed by atoms with van der Waals surface area (Å²) in [5, 5.41) is 12.5. The van der Waals surface area contributed by atoms with Crippen LogP contribution in [0.4, 0.5) is 5.69 Å². The van der Waals surface area contributed by atoms with Gasteiger partial charge < -0.3 is 10.4 Å². The van der Waals surface area contributed by atoms with Crippen LogP contribution in [0, 0.1) is 0 Å². The van der Waals surface area contributed by atoms with E-state index in [4.69, 9.17) is 11.6 Å². The lowest BCUT2D eigenvalue weighted by atomic mass is 9.97. The molecule has 1 aliphatic rings. The molecule has 0 saturated carbocycles. The molecule has 2 rings (SSSR count). The van der Waals surface area contributed by atoms with Gasteiger partial charge in [-0.2, -0.15) is 0 Å². The number of phenolic OH excluding ortho intramolecular Hbond substituents is 1. The first-order chi connectivity index (χ1) is 8.65. The number of hydrogen-bond acceptors (Lipinski definition) is 2. The van der Waals surface area contributed by atoms with Crippen molar-refractivity contribution in [2.45, 2.75) is 32.1 Å². The molecule has 0 aromatic heterocycles. The van der Waals surface area contributed by atoms with Crippen molar-refractivity contribution in [3.8, 4) is 5.75 Å². The number of rotatable bonds is 3. The van der Waals surface area contributed by atoms with Gasteiger partial charge in [-0.25, -0.2) is 0 Å². The number of anilines is 1. The average molecular weight is 266 g/mol. The van der Waals surface area contributed by atoms with Crippen LogP contribution in [0.5, 0.6) is 5.75 Å². The van der Waals surface area contributed by atoms with E-state index in [1.807, 2.05) is 0 Å². The van der Waals surface area contributed by atoms with Gasteiger partial charge in [-0.3, -0.25) is 4.79 Å². The molecule has 2 N–H and O–H groups in total. The van der Waals surface area contributed by atoms with Gasteiger partial charge in [0.05, 0.1) is 5.02 Å². The molecule has 0 unspecified atom stereocenters. The topological polar surface area (TPSA) is 49.3 Å². The van der Waals surface area contributed by atoms with Crippen LogP contribution in [-0.2, 0) is 4.79 Å². The zero-order valence-electron chi connectivity index (χ0n) is 10.1. The van der Waals surface area contributed by atoms with Gasteiger partial charge in [0.2, 0.25) is 5.91 Å². The number of hydrogen-bond donors (Lipinski definition) is 2. The van der Waals surface area contributed by atoms with Crippen LogP contribution >= 0.6 is 11.6 Å². The average Bonchev–Trinajstić information content (AvgIpc) is 2.35. The molecule has 0 saturated heterocycles. The molecule has 96 valence electrons. The number of phenols is 1. The van der Waals surface area contributed by atoms with E-state index in [-0.39, 0.29) is 16.7 Å². The maximum atomic E-state index is 11.8. The first-order valence-corrected chi connectivity index (χ1v) is 6.49. The lowest BCUT2D eigenvalue weighted by Gasteiger charge is -2.12. The van der Waals surface area contributed by atoms with Gasteiger partial charge in [-0.1, -0.05) is 23.3 Å². The summed E-state index contributed by atoms with van der Waals surface area (Å²) >= 11 is 5.70. The van der Waals surface area contributed by atoms with Gasteiger partial charge in [0.15, 0.2) is 0 Å². The summed E-state index contributed by atoms with van der Waals surface area (Å²) in [5.41, 5.74) is 1.77. The predicted octanol–water partition coefficient (Wildman–Crippen LogP) is 3.87. The van der Waals surface area contributed by atoms with Crippen molar-refractivity contribution in [2.75, 3.05) is 5.32 Å². The minimum atomic E-state index is -0.0510. The van der Waals surface area contributed by atoms with Gasteiger partial charge in [0, 0.05) is 18.2 Å². The molecule has 0 spiro atoms. The summed E-state index contributed by atoms with van der Waals surface area (Å²) in [4.78, 5) is 11.8. The monoisotopic (exact) mass is 265 g/mol. The standard InChI is InChI=1S/C14H16ClNO2/c15-12-7-6-11(9-13(12)17)16-14(18)8-10-4-2-1-3-5-10/h4,6-7,9,17H,1-3,5,8H2,(H,16,18). The first kappa shape index (κ1) is 13.0. The van der Waals surface area contributed by atoms with Crippen LogP contribution in [0.2, 0.25) is 5.02 Å². The number of carbonyl (C=O) groups is 1. The number of benzene rings is 1. The fraction of sp³-hybridized carbons (Fsp3) is 0.357. The molecule has 1 aromatic carbocycles. The third kappa shape index (κ3) is 3.50. The van der Waals surface area contributed by atoms with Crippen molar-refractivity contribution in [3.05, 3.63) is 34.9 Å². The number of aromatic hydroxyl groups is 1. The van der Waals surface area contributed by atoms with E-state index >= 15 is 0 Å². The number of halogens is 1. The van der Waals surface area contributed by atoms with Crippen molar-refractivity contribution in [2.24, 2.45) is 0 Å². The Morgan fingerprint density at radius 2 is 2.22 bits per heavy atom. The highest BCUT2D eigenvalue weighted by molar-refractivity contribution is 6.32. The van der Waals surface area contributed by atoms with Crippen molar-refractivity contribution >= 4 is 23.2 Å². The Labute approximate surface area is 111 Å². The second-order valence-electron chi connectivity index (χ2n) is 4.50. The molecule has 0 bridgehead atoms.